The molecule has 0 unspecified atom stereocenters. The Kier molecular flexibility index (Phi) is 4.90. The molecule has 0 radical (unpaired) electrons. The average Bonchev–Trinajstić information content (AvgIpc) is 2.43. The molecule has 0 heterocycles. The fourth-order valence-corrected chi connectivity index (χ4v) is 2.84. The number of hydrogen-bond donors (Lipinski definition) is 1. The number of halogens is 3. The zero-order valence-electron chi connectivity index (χ0n) is 11.2. The maximum absolute atomic E-state index is 14.4. The highest BCUT2D eigenvalue weighted by molar-refractivity contribution is 9.10. The smallest absolute Gasteiger partial charge is 0.161 e. The van der Waals surface area contributed by atoms with Gasteiger partial charge in [0.2, 0.25) is 0 Å². The molecule has 2 N–H and O–H groups in total. The van der Waals surface area contributed by atoms with E-state index in [2.05, 4.69) is 15.9 Å². The highest BCUT2D eigenvalue weighted by Gasteiger charge is 2.16. The molecule has 0 atom stereocenters. The summed E-state index contributed by atoms with van der Waals surface area (Å²) in [4.78, 5) is 1.74. The number of hydrogen-bond acceptors (Lipinski definition) is 2. The summed E-state index contributed by atoms with van der Waals surface area (Å²) in [6.07, 6.45) is 0. The first-order valence-electron chi connectivity index (χ1n) is 6.14. The highest BCUT2D eigenvalue weighted by Crippen LogP contribution is 2.30. The first-order valence-corrected chi connectivity index (χ1v) is 7.34. The second-order valence-electron chi connectivity index (χ2n) is 4.57. The zero-order valence-corrected chi connectivity index (χ0v) is 13.6. The van der Waals surface area contributed by atoms with Crippen LogP contribution < -0.4 is 10.6 Å². The summed E-state index contributed by atoms with van der Waals surface area (Å²) in [6.45, 7) is 0.252. The standard InChI is InChI=1S/C15H13BrF2N2S/c1-20(8-9-4-2-3-5-11(9)17)12-7-6-10(15(19)21)13(16)14(12)18/h2-7H,8H2,1H3,(H2,19,21). The van der Waals surface area contributed by atoms with Gasteiger partial charge in [-0.15, -0.1) is 0 Å². The van der Waals surface area contributed by atoms with Crippen molar-refractivity contribution in [2.24, 2.45) is 5.73 Å². The summed E-state index contributed by atoms with van der Waals surface area (Å²) in [7, 11) is 1.69. The van der Waals surface area contributed by atoms with Gasteiger partial charge in [0.25, 0.3) is 0 Å². The summed E-state index contributed by atoms with van der Waals surface area (Å²) in [6, 6.07) is 9.63. The largest absolute Gasteiger partial charge is 0.389 e. The molecule has 0 saturated carbocycles. The van der Waals surface area contributed by atoms with E-state index in [1.54, 1.807) is 42.3 Å². The van der Waals surface area contributed by atoms with Gasteiger partial charge in [-0.2, -0.15) is 0 Å². The number of benzene rings is 2. The van der Waals surface area contributed by atoms with Crippen molar-refractivity contribution in [2.45, 2.75) is 6.54 Å². The Balaban J connectivity index is 2.32. The Bertz CT molecular complexity index is 691. The molecule has 110 valence electrons. The molecular formula is C15H13BrF2N2S. The lowest BCUT2D eigenvalue weighted by molar-refractivity contribution is 0.599. The van der Waals surface area contributed by atoms with Gasteiger partial charge in [-0.25, -0.2) is 8.78 Å². The van der Waals surface area contributed by atoms with Crippen LogP contribution in [0.15, 0.2) is 40.9 Å². The molecule has 0 fully saturated rings. The van der Waals surface area contributed by atoms with Gasteiger partial charge in [-0.05, 0) is 34.1 Å². The molecule has 0 bridgehead atoms. The van der Waals surface area contributed by atoms with Crippen molar-refractivity contribution in [2.75, 3.05) is 11.9 Å². The molecule has 0 aliphatic carbocycles. The van der Waals surface area contributed by atoms with Gasteiger partial charge in [-0.3, -0.25) is 0 Å². The molecule has 0 amide bonds. The minimum atomic E-state index is -0.473. The molecule has 0 aliphatic heterocycles. The Hall–Kier alpha value is -1.53. The van der Waals surface area contributed by atoms with Crippen LogP contribution >= 0.6 is 28.1 Å². The summed E-state index contributed by atoms with van der Waals surface area (Å²) < 4.78 is 28.2. The molecule has 0 spiro atoms. The van der Waals surface area contributed by atoms with Gasteiger partial charge >= 0.3 is 0 Å². The monoisotopic (exact) mass is 370 g/mol. The second-order valence-corrected chi connectivity index (χ2v) is 5.80. The van der Waals surface area contributed by atoms with Crippen LogP contribution in [0.2, 0.25) is 0 Å². The van der Waals surface area contributed by atoms with Crippen LogP contribution in [0.3, 0.4) is 0 Å². The summed E-state index contributed by atoms with van der Waals surface area (Å²) in [5, 5.41) is 0. The van der Waals surface area contributed by atoms with Gasteiger partial charge < -0.3 is 10.6 Å². The summed E-state index contributed by atoms with van der Waals surface area (Å²) in [5.74, 6) is -0.789. The number of thiocarbonyl (C=S) groups is 1. The van der Waals surface area contributed by atoms with Gasteiger partial charge in [-0.1, -0.05) is 30.4 Å². The number of anilines is 1. The second kappa shape index (κ2) is 6.49. The molecule has 0 saturated heterocycles. The SMILES string of the molecule is CN(Cc1ccccc1F)c1ccc(C(N)=S)c(Br)c1F. The Morgan fingerprint density at radius 2 is 1.90 bits per heavy atom. The third-order valence-corrected chi connectivity index (χ3v) is 4.10. The van der Waals surface area contributed by atoms with Crippen molar-refractivity contribution in [1.82, 2.24) is 0 Å². The molecule has 2 rings (SSSR count). The summed E-state index contributed by atoms with van der Waals surface area (Å²) >= 11 is 8.01. The van der Waals surface area contributed by atoms with Crippen molar-refractivity contribution in [3.8, 4) is 0 Å². The molecule has 2 aromatic carbocycles. The maximum Gasteiger partial charge on any atom is 0.161 e. The molecule has 2 aromatic rings. The van der Waals surface area contributed by atoms with Gasteiger partial charge in [0.05, 0.1) is 10.2 Å². The lowest BCUT2D eigenvalue weighted by Gasteiger charge is -2.21. The van der Waals surface area contributed by atoms with E-state index in [1.807, 2.05) is 0 Å². The van der Waals surface area contributed by atoms with E-state index in [9.17, 15) is 8.78 Å². The molecule has 0 aromatic heterocycles. The fourth-order valence-electron chi connectivity index (χ4n) is 1.99. The fraction of sp³-hybridized carbons (Fsp3) is 0.133. The topological polar surface area (TPSA) is 29.3 Å². The molecule has 6 heteroatoms. The number of nitrogens with zero attached hydrogens (tertiary/aromatic N) is 1. The van der Waals surface area contributed by atoms with Crippen LogP contribution in [0, 0.1) is 11.6 Å². The predicted molar refractivity (Wildman–Crippen MR) is 88.5 cm³/mol. The average molecular weight is 371 g/mol. The van der Waals surface area contributed by atoms with Crippen LogP contribution in [0.25, 0.3) is 0 Å². The van der Waals surface area contributed by atoms with E-state index in [0.717, 1.165) is 0 Å². The van der Waals surface area contributed by atoms with E-state index >= 15 is 0 Å². The maximum atomic E-state index is 14.4. The first-order chi connectivity index (χ1) is 9.91. The van der Waals surface area contributed by atoms with E-state index < -0.39 is 5.82 Å². The Morgan fingerprint density at radius 1 is 1.24 bits per heavy atom. The van der Waals surface area contributed by atoms with Gasteiger partial charge in [0.15, 0.2) is 5.82 Å². The third-order valence-electron chi connectivity index (χ3n) is 3.10. The van der Waals surface area contributed by atoms with Crippen molar-refractivity contribution in [3.05, 3.63) is 63.6 Å². The molecular weight excluding hydrogens is 358 g/mol. The van der Waals surface area contributed by atoms with E-state index in [4.69, 9.17) is 18.0 Å². The van der Waals surface area contributed by atoms with Gasteiger partial charge in [0, 0.05) is 24.7 Å². The molecule has 2 nitrogen and oxygen atoms in total. The Labute approximate surface area is 135 Å². The third kappa shape index (κ3) is 3.39. The van der Waals surface area contributed by atoms with Crippen LogP contribution in [-0.2, 0) is 6.54 Å². The zero-order chi connectivity index (χ0) is 15.6. The number of nitrogens with two attached hydrogens (primary N) is 1. The van der Waals surface area contributed by atoms with Crippen LogP contribution in [0.1, 0.15) is 11.1 Å². The van der Waals surface area contributed by atoms with Crippen LogP contribution in [0.5, 0.6) is 0 Å². The van der Waals surface area contributed by atoms with Crippen molar-refractivity contribution in [3.63, 3.8) is 0 Å². The first kappa shape index (κ1) is 15.9. The summed E-state index contributed by atoms with van der Waals surface area (Å²) in [5.41, 5.74) is 6.79. The number of rotatable bonds is 4. The highest BCUT2D eigenvalue weighted by atomic mass is 79.9. The van der Waals surface area contributed by atoms with Crippen molar-refractivity contribution < 1.29 is 8.78 Å². The Morgan fingerprint density at radius 3 is 2.52 bits per heavy atom. The predicted octanol–water partition coefficient (Wildman–Crippen LogP) is 4.00. The van der Waals surface area contributed by atoms with E-state index in [0.29, 0.717) is 16.8 Å². The minimum absolute atomic E-state index is 0.115. The van der Waals surface area contributed by atoms with Crippen molar-refractivity contribution in [1.29, 1.82) is 0 Å². The minimum Gasteiger partial charge on any atom is -0.389 e. The van der Waals surface area contributed by atoms with Crippen LogP contribution in [0.4, 0.5) is 14.5 Å². The van der Waals surface area contributed by atoms with E-state index in [-0.39, 0.29) is 21.8 Å². The lowest BCUT2D eigenvalue weighted by atomic mass is 10.1. The molecule has 21 heavy (non-hydrogen) atoms. The lowest BCUT2D eigenvalue weighted by Crippen LogP contribution is -2.20. The van der Waals surface area contributed by atoms with Gasteiger partial charge in [0.1, 0.15) is 10.8 Å². The quantitative estimate of drug-likeness (QED) is 0.824. The normalized spacial score (nSPS) is 10.5. The van der Waals surface area contributed by atoms with Crippen molar-refractivity contribution >= 4 is 38.8 Å². The van der Waals surface area contributed by atoms with Crippen LogP contribution in [-0.4, -0.2) is 12.0 Å². The van der Waals surface area contributed by atoms with E-state index in [1.165, 1.54) is 6.07 Å². The molecule has 0 aliphatic rings.